The molecule has 3 aliphatic carbocycles. The van der Waals surface area contributed by atoms with Gasteiger partial charge in [0.25, 0.3) is 0 Å². The number of rotatable bonds is 1. The summed E-state index contributed by atoms with van der Waals surface area (Å²) in [6.45, 7) is 0. The Bertz CT molecular complexity index is 590. The van der Waals surface area contributed by atoms with Crippen LogP contribution in [0.2, 0.25) is 0 Å². The van der Waals surface area contributed by atoms with E-state index < -0.39 is 0 Å². The SMILES string of the molecule is O=C1[C@@H]2[C@H](C(=O)N1c1ccc(F)cc1)[C@H]1C=C[C@H]2CC1. The third-order valence-electron chi connectivity index (χ3n) is 4.84. The van der Waals surface area contributed by atoms with Crippen molar-refractivity contribution in [3.8, 4) is 0 Å². The molecule has 4 aliphatic rings. The minimum Gasteiger partial charge on any atom is -0.274 e. The molecule has 0 spiro atoms. The van der Waals surface area contributed by atoms with Crippen molar-refractivity contribution in [1.29, 1.82) is 0 Å². The average molecular weight is 271 g/mol. The van der Waals surface area contributed by atoms with Crippen molar-refractivity contribution in [3.63, 3.8) is 0 Å². The maximum absolute atomic E-state index is 13.0. The molecule has 1 saturated heterocycles. The minimum atomic E-state index is -0.369. The first-order valence-electron chi connectivity index (χ1n) is 6.98. The van der Waals surface area contributed by atoms with Crippen molar-refractivity contribution in [2.45, 2.75) is 12.8 Å². The van der Waals surface area contributed by atoms with E-state index in [0.717, 1.165) is 12.8 Å². The third-order valence-corrected chi connectivity index (χ3v) is 4.84. The molecule has 3 nitrogen and oxygen atoms in total. The molecular formula is C16H14FNO2. The Morgan fingerprint density at radius 3 is 1.85 bits per heavy atom. The second kappa shape index (κ2) is 4.01. The van der Waals surface area contributed by atoms with Crippen molar-refractivity contribution in [1.82, 2.24) is 0 Å². The molecule has 1 heterocycles. The Morgan fingerprint density at radius 2 is 1.40 bits per heavy atom. The van der Waals surface area contributed by atoms with Gasteiger partial charge in [-0.1, -0.05) is 12.2 Å². The summed E-state index contributed by atoms with van der Waals surface area (Å²) in [5.74, 6) is -0.658. The monoisotopic (exact) mass is 271 g/mol. The molecule has 2 bridgehead atoms. The maximum Gasteiger partial charge on any atom is 0.238 e. The third kappa shape index (κ3) is 1.45. The van der Waals surface area contributed by atoms with E-state index in [2.05, 4.69) is 12.2 Å². The molecule has 102 valence electrons. The summed E-state index contributed by atoms with van der Waals surface area (Å²) in [5.41, 5.74) is 0.482. The molecule has 2 amide bonds. The van der Waals surface area contributed by atoms with Gasteiger partial charge in [0.1, 0.15) is 5.82 Å². The smallest absolute Gasteiger partial charge is 0.238 e. The van der Waals surface area contributed by atoms with E-state index in [0.29, 0.717) is 5.69 Å². The zero-order valence-electron chi connectivity index (χ0n) is 10.8. The highest BCUT2D eigenvalue weighted by molar-refractivity contribution is 6.22. The summed E-state index contributed by atoms with van der Waals surface area (Å²) in [6.07, 6.45) is 6.15. The van der Waals surface area contributed by atoms with E-state index >= 15 is 0 Å². The molecule has 0 aromatic heterocycles. The fourth-order valence-corrected chi connectivity index (χ4v) is 3.92. The zero-order chi connectivity index (χ0) is 13.9. The van der Waals surface area contributed by atoms with Gasteiger partial charge >= 0.3 is 0 Å². The number of anilines is 1. The first kappa shape index (κ1) is 11.8. The van der Waals surface area contributed by atoms with Gasteiger partial charge in [-0.25, -0.2) is 4.39 Å². The van der Waals surface area contributed by atoms with Crippen LogP contribution in [0.25, 0.3) is 0 Å². The average Bonchev–Trinajstić information content (AvgIpc) is 2.76. The molecule has 20 heavy (non-hydrogen) atoms. The molecule has 2 fully saturated rings. The van der Waals surface area contributed by atoms with E-state index in [1.54, 1.807) is 0 Å². The number of amides is 2. The molecule has 0 N–H and O–H groups in total. The molecule has 4 heteroatoms. The topological polar surface area (TPSA) is 37.4 Å². The quantitative estimate of drug-likeness (QED) is 0.581. The van der Waals surface area contributed by atoms with Crippen molar-refractivity contribution >= 4 is 17.5 Å². The Hall–Kier alpha value is -1.97. The Labute approximate surface area is 116 Å². The minimum absolute atomic E-state index is 0.120. The summed E-state index contributed by atoms with van der Waals surface area (Å²) in [5, 5.41) is 0. The van der Waals surface area contributed by atoms with Crippen LogP contribution in [0.1, 0.15) is 12.8 Å². The predicted molar refractivity (Wildman–Crippen MR) is 71.2 cm³/mol. The number of halogens is 1. The fourth-order valence-electron chi connectivity index (χ4n) is 3.92. The van der Waals surface area contributed by atoms with Crippen molar-refractivity contribution in [2.75, 3.05) is 4.90 Å². The highest BCUT2D eigenvalue weighted by Crippen LogP contribution is 2.50. The van der Waals surface area contributed by atoms with Gasteiger partial charge in [-0.15, -0.1) is 0 Å². The van der Waals surface area contributed by atoms with E-state index in [1.807, 2.05) is 0 Å². The largest absolute Gasteiger partial charge is 0.274 e. The number of carbonyl (C=O) groups is 2. The van der Waals surface area contributed by atoms with Crippen molar-refractivity contribution in [2.24, 2.45) is 23.7 Å². The van der Waals surface area contributed by atoms with Crippen LogP contribution in [0, 0.1) is 29.5 Å². The molecule has 1 aromatic carbocycles. The van der Waals surface area contributed by atoms with Crippen molar-refractivity contribution in [3.05, 3.63) is 42.2 Å². The van der Waals surface area contributed by atoms with Gasteiger partial charge in [0.05, 0.1) is 17.5 Å². The van der Waals surface area contributed by atoms with Gasteiger partial charge in [0, 0.05) is 0 Å². The molecule has 1 aliphatic heterocycles. The Kier molecular flexibility index (Phi) is 2.37. The maximum atomic E-state index is 13.0. The molecular weight excluding hydrogens is 257 g/mol. The number of nitrogens with zero attached hydrogens (tertiary/aromatic N) is 1. The van der Waals surface area contributed by atoms with Crippen LogP contribution in [0.4, 0.5) is 10.1 Å². The number of hydrogen-bond donors (Lipinski definition) is 0. The van der Waals surface area contributed by atoms with Crippen LogP contribution in [0.3, 0.4) is 0 Å². The van der Waals surface area contributed by atoms with E-state index in [9.17, 15) is 14.0 Å². The highest BCUT2D eigenvalue weighted by Gasteiger charge is 2.56. The van der Waals surface area contributed by atoms with Crippen LogP contribution in [0.15, 0.2) is 36.4 Å². The van der Waals surface area contributed by atoms with Gasteiger partial charge in [0.2, 0.25) is 11.8 Å². The number of fused-ring (bicyclic) bond motifs is 1. The highest BCUT2D eigenvalue weighted by atomic mass is 19.1. The first-order valence-corrected chi connectivity index (χ1v) is 6.98. The summed E-state index contributed by atoms with van der Waals surface area (Å²) in [6, 6.07) is 5.56. The van der Waals surface area contributed by atoms with E-state index in [1.165, 1.54) is 29.2 Å². The molecule has 1 saturated carbocycles. The van der Waals surface area contributed by atoms with Crippen LogP contribution < -0.4 is 4.90 Å². The predicted octanol–water partition coefficient (Wildman–Crippen LogP) is 2.53. The normalized spacial score (nSPS) is 34.8. The second-order valence-electron chi connectivity index (χ2n) is 5.83. The van der Waals surface area contributed by atoms with Crippen LogP contribution >= 0.6 is 0 Å². The molecule has 0 radical (unpaired) electrons. The second-order valence-corrected chi connectivity index (χ2v) is 5.83. The van der Waals surface area contributed by atoms with Crippen LogP contribution in [-0.2, 0) is 9.59 Å². The molecule has 1 aromatic rings. The number of allylic oxidation sites excluding steroid dienone is 2. The number of carbonyl (C=O) groups excluding carboxylic acids is 2. The summed E-state index contributed by atoms with van der Waals surface area (Å²) >= 11 is 0. The lowest BCUT2D eigenvalue weighted by molar-refractivity contribution is -0.124. The fraction of sp³-hybridized carbons (Fsp3) is 0.375. The molecule has 0 unspecified atom stereocenters. The molecule has 5 rings (SSSR count). The van der Waals surface area contributed by atoms with Gasteiger partial charge in [-0.05, 0) is 48.9 Å². The number of benzene rings is 1. The lowest BCUT2D eigenvalue weighted by Crippen LogP contribution is -2.38. The van der Waals surface area contributed by atoms with Gasteiger partial charge in [-0.2, -0.15) is 0 Å². The number of imide groups is 1. The van der Waals surface area contributed by atoms with Crippen molar-refractivity contribution < 1.29 is 14.0 Å². The summed E-state index contributed by atoms with van der Waals surface area (Å²) in [7, 11) is 0. The lowest BCUT2D eigenvalue weighted by Gasteiger charge is -2.38. The van der Waals surface area contributed by atoms with E-state index in [4.69, 9.17) is 0 Å². The first-order chi connectivity index (χ1) is 9.66. The van der Waals surface area contributed by atoms with E-state index in [-0.39, 0.29) is 41.3 Å². The Balaban J connectivity index is 1.75. The molecule has 4 atom stereocenters. The Morgan fingerprint density at radius 1 is 0.900 bits per heavy atom. The summed E-state index contributed by atoms with van der Waals surface area (Å²) in [4.78, 5) is 26.5. The zero-order valence-corrected chi connectivity index (χ0v) is 10.8. The number of hydrogen-bond acceptors (Lipinski definition) is 2. The van der Waals surface area contributed by atoms with Gasteiger partial charge in [0.15, 0.2) is 0 Å². The standard InChI is InChI=1S/C16H14FNO2/c17-11-5-7-12(8-6-11)18-15(19)13-9-1-2-10(4-3-9)14(13)16(18)20/h1-2,5-10,13-14H,3-4H2/t9-,10-,13-,14+/m0/s1. The summed E-state index contributed by atoms with van der Waals surface area (Å²) < 4.78 is 13.0. The van der Waals surface area contributed by atoms with Crippen LogP contribution in [-0.4, -0.2) is 11.8 Å². The van der Waals surface area contributed by atoms with Crippen LogP contribution in [0.5, 0.6) is 0 Å². The lowest BCUT2D eigenvalue weighted by atomic mass is 9.63. The van der Waals surface area contributed by atoms with Gasteiger partial charge in [-0.3, -0.25) is 14.5 Å². The van der Waals surface area contributed by atoms with Gasteiger partial charge < -0.3 is 0 Å².